The molecule has 0 amide bonds. The summed E-state index contributed by atoms with van der Waals surface area (Å²) < 4.78 is 37.5. The molecule has 1 aromatic heterocycles. The number of fused-ring (bicyclic) bond motifs is 4. The molecule has 0 unspecified atom stereocenters. The minimum absolute atomic E-state index is 0.0809. The fourth-order valence-corrected chi connectivity index (χ4v) is 5.56. The van der Waals surface area contributed by atoms with Crippen molar-refractivity contribution in [1.82, 2.24) is 4.57 Å². The zero-order chi connectivity index (χ0) is 23.8. The molecule has 0 radical (unpaired) electrons. The van der Waals surface area contributed by atoms with Crippen molar-refractivity contribution in [2.24, 2.45) is 0 Å². The molecule has 1 aliphatic carbocycles. The van der Waals surface area contributed by atoms with Gasteiger partial charge in [0.1, 0.15) is 11.6 Å². The van der Waals surface area contributed by atoms with E-state index in [1.165, 1.54) is 6.07 Å². The molecule has 0 bridgehead atoms. The number of halogens is 2. The maximum Gasteiger partial charge on any atom is 0.341 e. The van der Waals surface area contributed by atoms with Gasteiger partial charge in [-0.2, -0.15) is 0 Å². The predicted octanol–water partition coefficient (Wildman–Crippen LogP) is 5.65. The van der Waals surface area contributed by atoms with Crippen molar-refractivity contribution in [1.29, 1.82) is 0 Å². The zero-order valence-corrected chi connectivity index (χ0v) is 18.9. The number of alkyl halides is 1. The first-order chi connectivity index (χ1) is 15.5. The Balaban J connectivity index is 1.82. The lowest BCUT2D eigenvalue weighted by Gasteiger charge is -2.48. The molecule has 1 saturated carbocycles. The number of carboxylic acid groups (broad SMARTS) is 1. The van der Waals surface area contributed by atoms with Crippen LogP contribution in [-0.2, 0) is 20.5 Å². The number of phenolic OH excluding ortho intramolecular Hbond substituents is 1. The van der Waals surface area contributed by atoms with Crippen molar-refractivity contribution >= 4 is 16.9 Å². The van der Waals surface area contributed by atoms with Gasteiger partial charge in [-0.3, -0.25) is 0 Å². The molecule has 2 aliphatic rings. The topological polar surface area (TPSA) is 71.7 Å². The lowest BCUT2D eigenvalue weighted by Crippen LogP contribution is -2.49. The fourth-order valence-electron chi connectivity index (χ4n) is 5.56. The minimum Gasteiger partial charge on any atom is -0.507 e. The molecule has 5 rings (SSSR count). The number of nitrogens with zero attached hydrogens (tertiary/aromatic N) is 1. The van der Waals surface area contributed by atoms with Crippen LogP contribution in [0.2, 0.25) is 0 Å². The highest BCUT2D eigenvalue weighted by Gasteiger charge is 2.54. The van der Waals surface area contributed by atoms with Crippen molar-refractivity contribution < 1.29 is 28.5 Å². The van der Waals surface area contributed by atoms with Gasteiger partial charge in [0.15, 0.2) is 0 Å². The van der Waals surface area contributed by atoms with E-state index in [0.29, 0.717) is 17.6 Å². The molecule has 2 aromatic carbocycles. The van der Waals surface area contributed by atoms with Crippen molar-refractivity contribution in [3.63, 3.8) is 0 Å². The number of benzene rings is 2. The lowest BCUT2D eigenvalue weighted by molar-refractivity contribution is -0.165. The summed E-state index contributed by atoms with van der Waals surface area (Å²) in [6.07, 6.45) is 0.0415. The summed E-state index contributed by atoms with van der Waals surface area (Å²) in [7, 11) is 0. The average Bonchev–Trinajstić information content (AvgIpc) is 3.14. The number of rotatable bonds is 2. The van der Waals surface area contributed by atoms with Crippen LogP contribution in [0.4, 0.5) is 8.78 Å². The summed E-state index contributed by atoms with van der Waals surface area (Å²) in [6, 6.07) is 10.2. The standard InChI is InChI=1S/C26H27F2NO4/c1-15-13-16(7-8-17(15)27)29-18-5-4-6-19(30)20(18)21-22(29)24(2,3)14-33-26(21)11-9-25(28,10-12-26)23(31)32/h4-8,13,30H,9-12,14H2,1-3H3,(H,31,32). The van der Waals surface area contributed by atoms with Gasteiger partial charge in [0.05, 0.1) is 17.7 Å². The van der Waals surface area contributed by atoms with Gasteiger partial charge in [-0.05, 0) is 68.5 Å². The summed E-state index contributed by atoms with van der Waals surface area (Å²) in [5, 5.41) is 21.0. The van der Waals surface area contributed by atoms with E-state index in [1.807, 2.05) is 24.5 Å². The monoisotopic (exact) mass is 455 g/mol. The summed E-state index contributed by atoms with van der Waals surface area (Å²) in [6.45, 7) is 6.14. The van der Waals surface area contributed by atoms with Crippen molar-refractivity contribution in [2.45, 2.75) is 63.1 Å². The predicted molar refractivity (Wildman–Crippen MR) is 120 cm³/mol. The Bertz CT molecular complexity index is 1290. The van der Waals surface area contributed by atoms with E-state index in [0.717, 1.165) is 22.5 Å². The number of ether oxygens (including phenoxy) is 1. The van der Waals surface area contributed by atoms with E-state index < -0.39 is 22.7 Å². The largest absolute Gasteiger partial charge is 0.507 e. The lowest BCUT2D eigenvalue weighted by atomic mass is 9.68. The first-order valence-corrected chi connectivity index (χ1v) is 11.2. The molecule has 2 heterocycles. The number of carbonyl (C=O) groups is 1. The van der Waals surface area contributed by atoms with Crippen LogP contribution in [0.25, 0.3) is 16.6 Å². The van der Waals surface area contributed by atoms with Crippen molar-refractivity contribution in [3.05, 3.63) is 59.0 Å². The van der Waals surface area contributed by atoms with Crippen LogP contribution in [0.1, 0.15) is 56.4 Å². The summed E-state index contributed by atoms with van der Waals surface area (Å²) in [4.78, 5) is 11.5. The second kappa shape index (κ2) is 7.03. The Kier molecular flexibility index (Phi) is 4.67. The highest BCUT2D eigenvalue weighted by atomic mass is 19.1. The number of phenols is 1. The Morgan fingerprint density at radius 3 is 2.45 bits per heavy atom. The van der Waals surface area contributed by atoms with Crippen molar-refractivity contribution in [2.75, 3.05) is 6.61 Å². The van der Waals surface area contributed by atoms with E-state index in [4.69, 9.17) is 4.74 Å². The molecule has 33 heavy (non-hydrogen) atoms. The third-order valence-corrected chi connectivity index (χ3v) is 7.41. The second-order valence-electron chi connectivity index (χ2n) is 10.1. The SMILES string of the molecule is Cc1cc(-n2c3c(c4c(O)cccc42)C2(CCC(F)(C(=O)O)CC2)OCC3(C)C)ccc1F. The highest BCUT2D eigenvalue weighted by molar-refractivity contribution is 5.94. The van der Waals surface area contributed by atoms with Gasteiger partial charge in [0.25, 0.3) is 0 Å². The first kappa shape index (κ1) is 21.9. The number of aromatic nitrogens is 1. The van der Waals surface area contributed by atoms with Crippen LogP contribution in [-0.4, -0.2) is 33.0 Å². The van der Waals surface area contributed by atoms with Gasteiger partial charge >= 0.3 is 5.97 Å². The molecule has 5 nitrogen and oxygen atoms in total. The quantitative estimate of drug-likeness (QED) is 0.524. The Labute approximate surface area is 190 Å². The van der Waals surface area contributed by atoms with Crippen LogP contribution in [0.3, 0.4) is 0 Å². The Morgan fingerprint density at radius 2 is 1.82 bits per heavy atom. The maximum absolute atomic E-state index is 15.0. The average molecular weight is 456 g/mol. The number of hydrogen-bond donors (Lipinski definition) is 2. The van der Waals surface area contributed by atoms with Gasteiger partial charge in [-0.1, -0.05) is 19.9 Å². The van der Waals surface area contributed by atoms with E-state index in [9.17, 15) is 23.8 Å². The smallest absolute Gasteiger partial charge is 0.341 e. The normalized spacial score (nSPS) is 26.5. The number of aromatic hydroxyl groups is 1. The maximum atomic E-state index is 15.0. The minimum atomic E-state index is -2.28. The molecule has 2 N–H and O–H groups in total. The van der Waals surface area contributed by atoms with E-state index in [2.05, 4.69) is 0 Å². The molecular formula is C26H27F2NO4. The van der Waals surface area contributed by atoms with E-state index in [1.54, 1.807) is 31.2 Å². The zero-order valence-electron chi connectivity index (χ0n) is 18.9. The van der Waals surface area contributed by atoms with Crippen molar-refractivity contribution in [3.8, 4) is 11.4 Å². The molecule has 1 aliphatic heterocycles. The Morgan fingerprint density at radius 1 is 1.12 bits per heavy atom. The van der Waals surface area contributed by atoms with Crippen LogP contribution >= 0.6 is 0 Å². The second-order valence-corrected chi connectivity index (χ2v) is 10.1. The number of hydrogen-bond acceptors (Lipinski definition) is 3. The highest BCUT2D eigenvalue weighted by Crippen LogP contribution is 2.56. The van der Waals surface area contributed by atoms with Crippen LogP contribution in [0, 0.1) is 12.7 Å². The molecule has 3 aromatic rings. The summed E-state index contributed by atoms with van der Waals surface area (Å²) in [5.41, 5.74) is 0.0502. The summed E-state index contributed by atoms with van der Waals surface area (Å²) >= 11 is 0. The van der Waals surface area contributed by atoms with Crippen LogP contribution in [0.15, 0.2) is 36.4 Å². The molecule has 174 valence electrons. The number of aryl methyl sites for hydroxylation is 1. The van der Waals surface area contributed by atoms with E-state index in [-0.39, 0.29) is 37.3 Å². The van der Waals surface area contributed by atoms with Gasteiger partial charge in [-0.25, -0.2) is 13.6 Å². The van der Waals surface area contributed by atoms with Crippen LogP contribution in [0.5, 0.6) is 5.75 Å². The van der Waals surface area contributed by atoms with Gasteiger partial charge in [0.2, 0.25) is 5.67 Å². The van der Waals surface area contributed by atoms with E-state index >= 15 is 0 Å². The molecule has 0 atom stereocenters. The third-order valence-electron chi connectivity index (χ3n) is 7.41. The molecule has 1 fully saturated rings. The molecule has 1 spiro atoms. The van der Waals surface area contributed by atoms with Gasteiger partial charge in [0, 0.05) is 27.7 Å². The Hall–Kier alpha value is -2.93. The number of carboxylic acids is 1. The summed E-state index contributed by atoms with van der Waals surface area (Å²) in [5.74, 6) is -1.66. The van der Waals surface area contributed by atoms with Gasteiger partial charge < -0.3 is 19.5 Å². The fraction of sp³-hybridized carbons (Fsp3) is 0.423. The first-order valence-electron chi connectivity index (χ1n) is 11.2. The molecular weight excluding hydrogens is 428 g/mol. The molecule has 7 heteroatoms. The third kappa shape index (κ3) is 3.09. The van der Waals surface area contributed by atoms with Crippen LogP contribution < -0.4 is 0 Å². The molecule has 0 saturated heterocycles. The number of aliphatic carboxylic acids is 1. The van der Waals surface area contributed by atoms with Gasteiger partial charge in [-0.15, -0.1) is 0 Å².